The first-order valence-electron chi connectivity index (χ1n) is 7.94. The van der Waals surface area contributed by atoms with Crippen LogP contribution in [0.25, 0.3) is 0 Å². The second kappa shape index (κ2) is 7.87. The molecule has 24 heavy (non-hydrogen) atoms. The van der Waals surface area contributed by atoms with Crippen molar-refractivity contribution in [2.45, 2.75) is 44.2 Å². The zero-order valence-corrected chi connectivity index (χ0v) is 14.8. The predicted molar refractivity (Wildman–Crippen MR) is 96.5 cm³/mol. The molecule has 1 saturated carbocycles. The molecule has 0 unspecified atom stereocenters. The molecule has 0 bridgehead atoms. The maximum Gasteiger partial charge on any atom is 0.267 e. The molecule has 1 fully saturated rings. The van der Waals surface area contributed by atoms with Gasteiger partial charge in [-0.2, -0.15) is 0 Å². The number of hydrogen-bond acceptors (Lipinski definition) is 6. The Hall–Kier alpha value is -1.77. The van der Waals surface area contributed by atoms with Gasteiger partial charge in [0.1, 0.15) is 0 Å². The Kier molecular flexibility index (Phi) is 5.60. The highest BCUT2D eigenvalue weighted by molar-refractivity contribution is 7.14. The molecular weight excluding hydrogens is 344 g/mol. The molecule has 0 spiro atoms. The summed E-state index contributed by atoms with van der Waals surface area (Å²) in [6.45, 7) is 0. The van der Waals surface area contributed by atoms with E-state index in [1.165, 1.54) is 22.7 Å². The zero-order valence-electron chi connectivity index (χ0n) is 13.2. The van der Waals surface area contributed by atoms with Gasteiger partial charge in [-0.1, -0.05) is 6.07 Å². The molecule has 8 heteroatoms. The maximum absolute atomic E-state index is 12.1. The lowest BCUT2D eigenvalue weighted by molar-refractivity contribution is -0.121. The number of aromatic nitrogens is 1. The number of nitrogens with one attached hydrogen (secondary N) is 2. The average molecular weight is 364 g/mol. The molecule has 128 valence electrons. The fourth-order valence-corrected chi connectivity index (χ4v) is 4.04. The third-order valence-electron chi connectivity index (χ3n) is 4.00. The van der Waals surface area contributed by atoms with Crippen LogP contribution in [0.3, 0.4) is 0 Å². The van der Waals surface area contributed by atoms with Crippen molar-refractivity contribution < 1.29 is 9.59 Å². The van der Waals surface area contributed by atoms with Gasteiger partial charge in [0.2, 0.25) is 5.91 Å². The lowest BCUT2D eigenvalue weighted by Crippen LogP contribution is -2.41. The summed E-state index contributed by atoms with van der Waals surface area (Å²) in [6, 6.07) is 4.08. The number of amides is 2. The minimum absolute atomic E-state index is 0.0306. The number of thiophene rings is 1. The van der Waals surface area contributed by atoms with Crippen LogP contribution < -0.4 is 16.4 Å². The van der Waals surface area contributed by atoms with Crippen LogP contribution in [-0.4, -0.2) is 28.9 Å². The van der Waals surface area contributed by atoms with Gasteiger partial charge in [-0.25, -0.2) is 4.98 Å². The van der Waals surface area contributed by atoms with Gasteiger partial charge in [0.05, 0.1) is 17.0 Å². The van der Waals surface area contributed by atoms with Gasteiger partial charge in [0.25, 0.3) is 5.91 Å². The van der Waals surface area contributed by atoms with Gasteiger partial charge in [-0.3, -0.25) is 14.9 Å². The monoisotopic (exact) mass is 364 g/mol. The van der Waals surface area contributed by atoms with E-state index >= 15 is 0 Å². The van der Waals surface area contributed by atoms with Crippen LogP contribution in [0.5, 0.6) is 0 Å². The lowest BCUT2D eigenvalue weighted by atomic mass is 9.92. The van der Waals surface area contributed by atoms with E-state index in [1.54, 1.807) is 11.4 Å². The first-order chi connectivity index (χ1) is 11.6. The predicted octanol–water partition coefficient (Wildman–Crippen LogP) is 2.39. The standard InChI is InChI=1S/C16H20N4O2S2/c17-10-3-5-11(6-4-10)18-14(21)8-12-9-24-16(19-12)20-15(22)13-2-1-7-23-13/h1-2,7,9-11H,3-6,8,17H2,(H,18,21)(H,19,20,22). The van der Waals surface area contributed by atoms with Gasteiger partial charge in [-0.15, -0.1) is 22.7 Å². The van der Waals surface area contributed by atoms with E-state index in [2.05, 4.69) is 15.6 Å². The molecule has 3 rings (SSSR count). The molecule has 0 radical (unpaired) electrons. The number of carbonyl (C=O) groups excluding carboxylic acids is 2. The van der Waals surface area contributed by atoms with Crippen molar-refractivity contribution in [2.75, 3.05) is 5.32 Å². The van der Waals surface area contributed by atoms with Gasteiger partial charge >= 0.3 is 0 Å². The molecule has 1 aliphatic rings. The van der Waals surface area contributed by atoms with Crippen LogP contribution in [0.2, 0.25) is 0 Å². The molecule has 6 nitrogen and oxygen atoms in total. The van der Waals surface area contributed by atoms with Crippen LogP contribution in [0, 0.1) is 0 Å². The number of anilines is 1. The van der Waals surface area contributed by atoms with Gasteiger partial charge in [0.15, 0.2) is 5.13 Å². The van der Waals surface area contributed by atoms with E-state index in [4.69, 9.17) is 5.73 Å². The summed E-state index contributed by atoms with van der Waals surface area (Å²) in [6.07, 6.45) is 4.02. The van der Waals surface area contributed by atoms with Gasteiger partial charge < -0.3 is 11.1 Å². The molecule has 2 heterocycles. The highest BCUT2D eigenvalue weighted by Crippen LogP contribution is 2.19. The zero-order chi connectivity index (χ0) is 16.9. The molecule has 4 N–H and O–H groups in total. The minimum atomic E-state index is -0.172. The van der Waals surface area contributed by atoms with E-state index in [1.807, 2.05) is 11.4 Å². The molecular formula is C16H20N4O2S2. The first kappa shape index (κ1) is 17.1. The fourth-order valence-electron chi connectivity index (χ4n) is 2.72. The third-order valence-corrected chi connectivity index (χ3v) is 5.67. The maximum atomic E-state index is 12.1. The average Bonchev–Trinajstić information content (AvgIpc) is 3.21. The summed E-state index contributed by atoms with van der Waals surface area (Å²) in [7, 11) is 0. The van der Waals surface area contributed by atoms with Crippen LogP contribution >= 0.6 is 22.7 Å². The molecule has 0 aliphatic heterocycles. The van der Waals surface area contributed by atoms with Crippen molar-refractivity contribution in [3.63, 3.8) is 0 Å². The number of thiazole rings is 1. The quantitative estimate of drug-likeness (QED) is 0.759. The van der Waals surface area contributed by atoms with Crippen molar-refractivity contribution in [1.29, 1.82) is 0 Å². The van der Waals surface area contributed by atoms with Crippen molar-refractivity contribution in [1.82, 2.24) is 10.3 Å². The van der Waals surface area contributed by atoms with Crippen molar-refractivity contribution in [2.24, 2.45) is 5.73 Å². The summed E-state index contributed by atoms with van der Waals surface area (Å²) in [5.74, 6) is -0.203. The number of hydrogen-bond donors (Lipinski definition) is 3. The van der Waals surface area contributed by atoms with Gasteiger partial charge in [0, 0.05) is 17.5 Å². The van der Waals surface area contributed by atoms with Crippen LogP contribution in [-0.2, 0) is 11.2 Å². The second-order valence-electron chi connectivity index (χ2n) is 5.93. The van der Waals surface area contributed by atoms with E-state index in [9.17, 15) is 9.59 Å². The summed E-state index contributed by atoms with van der Waals surface area (Å²) in [5, 5.41) is 9.97. The molecule has 2 aromatic heterocycles. The Morgan fingerprint density at radius 3 is 2.75 bits per heavy atom. The van der Waals surface area contributed by atoms with E-state index in [0.717, 1.165) is 25.7 Å². The van der Waals surface area contributed by atoms with Crippen molar-refractivity contribution >= 4 is 39.6 Å². The highest BCUT2D eigenvalue weighted by Gasteiger charge is 2.20. The number of rotatable bonds is 5. The summed E-state index contributed by atoms with van der Waals surface area (Å²) in [5.41, 5.74) is 6.55. The number of nitrogens with zero attached hydrogens (tertiary/aromatic N) is 1. The molecule has 1 aliphatic carbocycles. The van der Waals surface area contributed by atoms with Gasteiger partial charge in [-0.05, 0) is 37.1 Å². The minimum Gasteiger partial charge on any atom is -0.353 e. The Morgan fingerprint density at radius 2 is 2.04 bits per heavy atom. The molecule has 0 atom stereocenters. The van der Waals surface area contributed by atoms with E-state index in [-0.39, 0.29) is 30.3 Å². The van der Waals surface area contributed by atoms with Crippen LogP contribution in [0.4, 0.5) is 5.13 Å². The van der Waals surface area contributed by atoms with Crippen LogP contribution in [0.1, 0.15) is 41.0 Å². The highest BCUT2D eigenvalue weighted by atomic mass is 32.1. The van der Waals surface area contributed by atoms with Crippen molar-refractivity contribution in [3.05, 3.63) is 33.5 Å². The Labute approximate surface area is 148 Å². The fraction of sp³-hybridized carbons (Fsp3) is 0.438. The summed E-state index contributed by atoms with van der Waals surface area (Å²) in [4.78, 5) is 29.0. The molecule has 2 aromatic rings. The Bertz CT molecular complexity index is 691. The largest absolute Gasteiger partial charge is 0.353 e. The normalized spacial score (nSPS) is 20.5. The van der Waals surface area contributed by atoms with E-state index in [0.29, 0.717) is 15.7 Å². The molecule has 0 aromatic carbocycles. The molecule has 0 saturated heterocycles. The summed E-state index contributed by atoms with van der Waals surface area (Å²) < 4.78 is 0. The topological polar surface area (TPSA) is 97.1 Å². The second-order valence-corrected chi connectivity index (χ2v) is 7.74. The van der Waals surface area contributed by atoms with Crippen LogP contribution in [0.15, 0.2) is 22.9 Å². The number of carbonyl (C=O) groups is 2. The van der Waals surface area contributed by atoms with E-state index < -0.39 is 0 Å². The number of nitrogens with two attached hydrogens (primary N) is 1. The third kappa shape index (κ3) is 4.62. The molecule has 2 amide bonds. The Morgan fingerprint density at radius 1 is 1.25 bits per heavy atom. The lowest BCUT2D eigenvalue weighted by Gasteiger charge is -2.26. The first-order valence-corrected chi connectivity index (χ1v) is 9.70. The van der Waals surface area contributed by atoms with Crippen molar-refractivity contribution in [3.8, 4) is 0 Å². The Balaban J connectivity index is 1.48. The summed E-state index contributed by atoms with van der Waals surface area (Å²) >= 11 is 2.71. The SMILES string of the molecule is NC1CCC(NC(=O)Cc2csc(NC(=O)c3cccs3)n2)CC1. The smallest absolute Gasteiger partial charge is 0.267 e.